The SMILES string of the molecule is Cc1cc(NC(=O)C(C)(C)C)sc1C(=O)OCC(=O)NCCc1ccc(F)cc1. The van der Waals surface area contributed by atoms with Gasteiger partial charge in [0.05, 0.1) is 5.00 Å². The molecule has 0 saturated carbocycles. The predicted octanol–water partition coefficient (Wildman–Crippen LogP) is 3.70. The van der Waals surface area contributed by atoms with Crippen molar-refractivity contribution in [2.24, 2.45) is 5.41 Å². The minimum Gasteiger partial charge on any atom is -0.451 e. The van der Waals surface area contributed by atoms with E-state index in [2.05, 4.69) is 10.6 Å². The van der Waals surface area contributed by atoms with E-state index in [-0.39, 0.29) is 11.7 Å². The molecule has 1 aromatic heterocycles. The van der Waals surface area contributed by atoms with Crippen molar-refractivity contribution in [1.29, 1.82) is 0 Å². The average Bonchev–Trinajstić information content (AvgIpc) is 3.01. The highest BCUT2D eigenvalue weighted by atomic mass is 32.1. The fourth-order valence-electron chi connectivity index (χ4n) is 2.29. The van der Waals surface area contributed by atoms with Crippen LogP contribution >= 0.6 is 11.3 Å². The van der Waals surface area contributed by atoms with E-state index in [9.17, 15) is 18.8 Å². The van der Waals surface area contributed by atoms with Crippen LogP contribution < -0.4 is 10.6 Å². The standard InChI is InChI=1S/C21H25FN2O4S/c1-13-11-17(24-20(27)21(2,3)4)29-18(13)19(26)28-12-16(25)23-10-9-14-5-7-15(22)8-6-14/h5-8,11H,9-10,12H2,1-4H3,(H,23,25)(H,24,27). The molecular weight excluding hydrogens is 395 g/mol. The van der Waals surface area contributed by atoms with Gasteiger partial charge >= 0.3 is 5.97 Å². The number of hydrogen-bond donors (Lipinski definition) is 2. The fourth-order valence-corrected chi connectivity index (χ4v) is 3.25. The summed E-state index contributed by atoms with van der Waals surface area (Å²) in [4.78, 5) is 36.5. The fraction of sp³-hybridized carbons (Fsp3) is 0.381. The summed E-state index contributed by atoms with van der Waals surface area (Å²) in [6.07, 6.45) is 0.542. The highest BCUT2D eigenvalue weighted by molar-refractivity contribution is 7.18. The molecule has 0 bridgehead atoms. The largest absolute Gasteiger partial charge is 0.451 e. The molecule has 0 fully saturated rings. The predicted molar refractivity (Wildman–Crippen MR) is 111 cm³/mol. The third-order valence-corrected chi connectivity index (χ3v) is 5.14. The molecule has 6 nitrogen and oxygen atoms in total. The molecule has 1 heterocycles. The van der Waals surface area contributed by atoms with Gasteiger partial charge in [0, 0.05) is 12.0 Å². The normalized spacial score (nSPS) is 11.1. The molecule has 0 aliphatic rings. The number of amides is 2. The average molecular weight is 421 g/mol. The molecule has 0 radical (unpaired) electrons. The molecule has 8 heteroatoms. The molecule has 0 saturated heterocycles. The Labute approximate surface area is 173 Å². The lowest BCUT2D eigenvalue weighted by Gasteiger charge is -2.16. The van der Waals surface area contributed by atoms with Crippen LogP contribution in [0.2, 0.25) is 0 Å². The van der Waals surface area contributed by atoms with Crippen LogP contribution in [0.5, 0.6) is 0 Å². The summed E-state index contributed by atoms with van der Waals surface area (Å²) in [6, 6.07) is 7.73. The van der Waals surface area contributed by atoms with Crippen LogP contribution in [0.15, 0.2) is 30.3 Å². The second-order valence-corrected chi connectivity index (χ2v) is 8.68. The van der Waals surface area contributed by atoms with Crippen LogP contribution in [0.1, 0.15) is 41.6 Å². The first-order chi connectivity index (χ1) is 13.6. The molecule has 1 aromatic carbocycles. The molecule has 2 amide bonds. The molecule has 29 heavy (non-hydrogen) atoms. The van der Waals surface area contributed by atoms with Crippen molar-refractivity contribution in [2.75, 3.05) is 18.5 Å². The van der Waals surface area contributed by atoms with Gasteiger partial charge in [-0.3, -0.25) is 9.59 Å². The Morgan fingerprint density at radius 1 is 1.14 bits per heavy atom. The lowest BCUT2D eigenvalue weighted by molar-refractivity contribution is -0.124. The second-order valence-electron chi connectivity index (χ2n) is 7.63. The van der Waals surface area contributed by atoms with Gasteiger partial charge in [0.25, 0.3) is 5.91 Å². The first kappa shape index (κ1) is 22.5. The van der Waals surface area contributed by atoms with E-state index in [1.54, 1.807) is 45.9 Å². The molecule has 0 aliphatic heterocycles. The number of rotatable bonds is 7. The van der Waals surface area contributed by atoms with Crippen LogP contribution in [-0.4, -0.2) is 30.9 Å². The monoisotopic (exact) mass is 420 g/mol. The highest BCUT2D eigenvalue weighted by Gasteiger charge is 2.23. The number of ether oxygens (including phenoxy) is 1. The summed E-state index contributed by atoms with van der Waals surface area (Å²) in [5, 5.41) is 5.98. The van der Waals surface area contributed by atoms with Gasteiger partial charge in [0.1, 0.15) is 10.7 Å². The van der Waals surface area contributed by atoms with Crippen LogP contribution in [0.4, 0.5) is 9.39 Å². The zero-order valence-electron chi connectivity index (χ0n) is 16.9. The van der Waals surface area contributed by atoms with E-state index in [4.69, 9.17) is 4.74 Å². The quantitative estimate of drug-likeness (QED) is 0.669. The van der Waals surface area contributed by atoms with E-state index in [0.29, 0.717) is 28.4 Å². The van der Waals surface area contributed by atoms with Crippen molar-refractivity contribution in [3.63, 3.8) is 0 Å². The summed E-state index contributed by atoms with van der Waals surface area (Å²) in [7, 11) is 0. The maximum Gasteiger partial charge on any atom is 0.349 e. The van der Waals surface area contributed by atoms with E-state index in [1.165, 1.54) is 12.1 Å². The molecule has 2 rings (SSSR count). The third-order valence-electron chi connectivity index (χ3n) is 4.00. The Kier molecular flexibility index (Phi) is 7.50. The number of carbonyl (C=O) groups excluding carboxylic acids is 3. The highest BCUT2D eigenvalue weighted by Crippen LogP contribution is 2.29. The minimum atomic E-state index is -0.613. The number of aryl methyl sites for hydroxylation is 1. The zero-order valence-corrected chi connectivity index (χ0v) is 17.7. The number of esters is 1. The smallest absolute Gasteiger partial charge is 0.349 e. The van der Waals surface area contributed by atoms with Gasteiger partial charge in [-0.1, -0.05) is 32.9 Å². The molecule has 0 atom stereocenters. The molecule has 0 spiro atoms. The van der Waals surface area contributed by atoms with E-state index in [0.717, 1.165) is 16.9 Å². The number of thiophene rings is 1. The van der Waals surface area contributed by atoms with Crippen molar-refractivity contribution in [3.05, 3.63) is 52.2 Å². The van der Waals surface area contributed by atoms with E-state index >= 15 is 0 Å². The lowest BCUT2D eigenvalue weighted by atomic mass is 9.96. The number of anilines is 1. The summed E-state index contributed by atoms with van der Waals surface area (Å²) in [5.41, 5.74) is 1.01. The van der Waals surface area contributed by atoms with Gasteiger partial charge in [-0.15, -0.1) is 11.3 Å². The zero-order chi connectivity index (χ0) is 21.6. The van der Waals surface area contributed by atoms with Crippen LogP contribution in [0.3, 0.4) is 0 Å². The number of halogens is 1. The van der Waals surface area contributed by atoms with Crippen LogP contribution in [0.25, 0.3) is 0 Å². The third kappa shape index (κ3) is 6.98. The number of hydrogen-bond acceptors (Lipinski definition) is 5. The van der Waals surface area contributed by atoms with Gasteiger partial charge < -0.3 is 15.4 Å². The van der Waals surface area contributed by atoms with E-state index in [1.807, 2.05) is 0 Å². The second kappa shape index (κ2) is 9.65. The van der Waals surface area contributed by atoms with Crippen molar-refractivity contribution < 1.29 is 23.5 Å². The molecule has 0 aliphatic carbocycles. The number of carbonyl (C=O) groups is 3. The van der Waals surface area contributed by atoms with Crippen molar-refractivity contribution in [2.45, 2.75) is 34.1 Å². The van der Waals surface area contributed by atoms with Crippen molar-refractivity contribution >= 4 is 34.1 Å². The maximum absolute atomic E-state index is 12.9. The van der Waals surface area contributed by atoms with Gasteiger partial charge in [-0.25, -0.2) is 9.18 Å². The lowest BCUT2D eigenvalue weighted by Crippen LogP contribution is -2.30. The Bertz CT molecular complexity index is 885. The Balaban J connectivity index is 1.80. The number of nitrogens with one attached hydrogen (secondary N) is 2. The van der Waals surface area contributed by atoms with Gasteiger partial charge in [-0.2, -0.15) is 0 Å². The Morgan fingerprint density at radius 2 is 1.79 bits per heavy atom. The number of benzene rings is 1. The Morgan fingerprint density at radius 3 is 2.41 bits per heavy atom. The summed E-state index contributed by atoms with van der Waals surface area (Å²) in [5.74, 6) is -1.50. The van der Waals surface area contributed by atoms with Crippen LogP contribution in [-0.2, 0) is 20.7 Å². The first-order valence-electron chi connectivity index (χ1n) is 9.16. The van der Waals surface area contributed by atoms with E-state index < -0.39 is 23.9 Å². The van der Waals surface area contributed by atoms with Crippen molar-refractivity contribution in [3.8, 4) is 0 Å². The Hall–Kier alpha value is -2.74. The molecular formula is C21H25FN2O4S. The summed E-state index contributed by atoms with van der Waals surface area (Å²) in [6.45, 7) is 7.08. The first-order valence-corrected chi connectivity index (χ1v) is 9.98. The van der Waals surface area contributed by atoms with Crippen molar-refractivity contribution in [1.82, 2.24) is 5.32 Å². The van der Waals surface area contributed by atoms with Crippen LogP contribution in [0, 0.1) is 18.2 Å². The summed E-state index contributed by atoms with van der Waals surface area (Å²) >= 11 is 1.11. The van der Waals surface area contributed by atoms with Gasteiger partial charge in [0.15, 0.2) is 6.61 Å². The topological polar surface area (TPSA) is 84.5 Å². The molecule has 2 aromatic rings. The minimum absolute atomic E-state index is 0.154. The van der Waals surface area contributed by atoms with Gasteiger partial charge in [0.2, 0.25) is 5.91 Å². The summed E-state index contributed by atoms with van der Waals surface area (Å²) < 4.78 is 17.9. The molecule has 2 N–H and O–H groups in total. The maximum atomic E-state index is 12.9. The molecule has 156 valence electrons. The van der Waals surface area contributed by atoms with Gasteiger partial charge in [-0.05, 0) is 42.7 Å². The molecule has 0 unspecified atom stereocenters.